The van der Waals surface area contributed by atoms with Crippen LogP contribution in [-0.4, -0.2) is 29.6 Å². The molecule has 0 amide bonds. The molecule has 0 aliphatic rings. The van der Waals surface area contributed by atoms with Crippen molar-refractivity contribution in [1.82, 2.24) is 14.9 Å². The average molecular weight is 332 g/mol. The zero-order chi connectivity index (χ0) is 15.6. The number of carboxylic acids is 1. The standard InChI is InChI=1S/C11H10ClN3O5S/c1-6-14-10(20-15-6)5-13-21(18,19)7-2-3-8(11(16)17)9(12)4-7/h2-4,13H,5H2,1H3,(H,16,17). The third-order valence-corrected chi connectivity index (χ3v) is 4.18. The number of carboxylic acid groups (broad SMARTS) is 1. The van der Waals surface area contributed by atoms with Gasteiger partial charge in [0, 0.05) is 0 Å². The van der Waals surface area contributed by atoms with Gasteiger partial charge in [0.15, 0.2) is 5.82 Å². The number of rotatable bonds is 5. The summed E-state index contributed by atoms with van der Waals surface area (Å²) in [5.41, 5.74) is -0.178. The molecule has 1 heterocycles. The summed E-state index contributed by atoms with van der Waals surface area (Å²) in [6.45, 7) is 1.42. The van der Waals surface area contributed by atoms with Crippen molar-refractivity contribution in [2.45, 2.75) is 18.4 Å². The monoisotopic (exact) mass is 331 g/mol. The van der Waals surface area contributed by atoms with Gasteiger partial charge in [-0.3, -0.25) is 0 Å². The molecule has 0 unspecified atom stereocenters. The summed E-state index contributed by atoms with van der Waals surface area (Å²) >= 11 is 5.74. The maximum atomic E-state index is 12.0. The van der Waals surface area contributed by atoms with E-state index in [0.717, 1.165) is 18.2 Å². The number of hydrogen-bond acceptors (Lipinski definition) is 6. The molecule has 0 aliphatic carbocycles. The molecule has 21 heavy (non-hydrogen) atoms. The molecular weight excluding hydrogens is 322 g/mol. The Morgan fingerprint density at radius 1 is 1.48 bits per heavy atom. The Morgan fingerprint density at radius 3 is 2.71 bits per heavy atom. The minimum atomic E-state index is -3.87. The van der Waals surface area contributed by atoms with Crippen LogP contribution >= 0.6 is 11.6 Å². The van der Waals surface area contributed by atoms with Crippen LogP contribution < -0.4 is 4.72 Å². The first-order chi connectivity index (χ1) is 9.79. The third-order valence-electron chi connectivity index (χ3n) is 2.46. The highest BCUT2D eigenvalue weighted by Crippen LogP contribution is 2.21. The Labute approximate surface area is 124 Å². The number of nitrogens with one attached hydrogen (secondary N) is 1. The topological polar surface area (TPSA) is 122 Å². The number of aromatic nitrogens is 2. The van der Waals surface area contributed by atoms with Crippen molar-refractivity contribution in [2.75, 3.05) is 0 Å². The van der Waals surface area contributed by atoms with Gasteiger partial charge in [-0.1, -0.05) is 16.8 Å². The smallest absolute Gasteiger partial charge is 0.337 e. The fourth-order valence-electron chi connectivity index (χ4n) is 1.49. The minimum absolute atomic E-state index is 0.115. The number of carbonyl (C=O) groups is 1. The predicted octanol–water partition coefficient (Wildman–Crippen LogP) is 1.21. The van der Waals surface area contributed by atoms with Crippen LogP contribution in [0.1, 0.15) is 22.1 Å². The van der Waals surface area contributed by atoms with Gasteiger partial charge < -0.3 is 9.63 Å². The normalized spacial score (nSPS) is 11.5. The molecule has 0 bridgehead atoms. The van der Waals surface area contributed by atoms with Crippen LogP contribution in [0.2, 0.25) is 5.02 Å². The number of halogens is 1. The van der Waals surface area contributed by atoms with Crippen LogP contribution in [0.4, 0.5) is 0 Å². The zero-order valence-corrected chi connectivity index (χ0v) is 12.3. The molecule has 2 rings (SSSR count). The lowest BCUT2D eigenvalue weighted by atomic mass is 10.2. The second-order valence-corrected chi connectivity index (χ2v) is 6.18. The van der Waals surface area contributed by atoms with Crippen LogP contribution in [0.25, 0.3) is 0 Å². The molecule has 0 aliphatic heterocycles. The van der Waals surface area contributed by atoms with E-state index in [0.29, 0.717) is 5.82 Å². The Bertz CT molecular complexity index is 787. The molecule has 0 saturated heterocycles. The van der Waals surface area contributed by atoms with Crippen LogP contribution in [0, 0.1) is 6.92 Å². The van der Waals surface area contributed by atoms with E-state index >= 15 is 0 Å². The van der Waals surface area contributed by atoms with E-state index in [1.54, 1.807) is 6.92 Å². The van der Waals surface area contributed by atoms with Gasteiger partial charge in [0.25, 0.3) is 0 Å². The summed E-state index contributed by atoms with van der Waals surface area (Å²) in [7, 11) is -3.87. The molecule has 2 N–H and O–H groups in total. The molecule has 2 aromatic rings. The number of aryl methyl sites for hydroxylation is 1. The number of hydrogen-bond donors (Lipinski definition) is 2. The third kappa shape index (κ3) is 3.57. The molecule has 0 atom stereocenters. The molecule has 1 aromatic carbocycles. The highest BCUT2D eigenvalue weighted by molar-refractivity contribution is 7.89. The zero-order valence-electron chi connectivity index (χ0n) is 10.7. The van der Waals surface area contributed by atoms with Crippen LogP contribution in [0.3, 0.4) is 0 Å². The van der Waals surface area contributed by atoms with Gasteiger partial charge in [0.05, 0.1) is 22.0 Å². The summed E-state index contributed by atoms with van der Waals surface area (Å²) in [5.74, 6) is -0.736. The summed E-state index contributed by atoms with van der Waals surface area (Å²) in [6.07, 6.45) is 0. The summed E-state index contributed by atoms with van der Waals surface area (Å²) in [6, 6.07) is 3.33. The Hall–Kier alpha value is -1.97. The van der Waals surface area contributed by atoms with Crippen LogP contribution in [0.5, 0.6) is 0 Å². The number of benzene rings is 1. The predicted molar refractivity (Wildman–Crippen MR) is 71.5 cm³/mol. The van der Waals surface area contributed by atoms with Gasteiger partial charge in [-0.25, -0.2) is 17.9 Å². The van der Waals surface area contributed by atoms with Crippen LogP contribution in [0.15, 0.2) is 27.6 Å². The lowest BCUT2D eigenvalue weighted by Crippen LogP contribution is -2.23. The van der Waals surface area contributed by atoms with E-state index in [1.165, 1.54) is 0 Å². The molecule has 0 fully saturated rings. The fourth-order valence-corrected chi connectivity index (χ4v) is 2.81. The van der Waals surface area contributed by atoms with E-state index in [1.807, 2.05) is 0 Å². The second kappa shape index (κ2) is 5.80. The summed E-state index contributed by atoms with van der Waals surface area (Å²) in [5, 5.41) is 12.2. The Morgan fingerprint density at radius 2 is 2.19 bits per heavy atom. The maximum Gasteiger partial charge on any atom is 0.337 e. The largest absolute Gasteiger partial charge is 0.478 e. The van der Waals surface area contributed by atoms with Gasteiger partial charge >= 0.3 is 5.97 Å². The average Bonchev–Trinajstić information content (AvgIpc) is 2.82. The SMILES string of the molecule is Cc1noc(CNS(=O)(=O)c2ccc(C(=O)O)c(Cl)c2)n1. The molecule has 8 nitrogen and oxygen atoms in total. The van der Waals surface area contributed by atoms with E-state index in [4.69, 9.17) is 21.2 Å². The highest BCUT2D eigenvalue weighted by Gasteiger charge is 2.18. The molecule has 0 spiro atoms. The molecule has 10 heteroatoms. The van der Waals surface area contributed by atoms with Crippen molar-refractivity contribution in [3.63, 3.8) is 0 Å². The number of sulfonamides is 1. The van der Waals surface area contributed by atoms with Crippen molar-refractivity contribution in [3.8, 4) is 0 Å². The summed E-state index contributed by atoms with van der Waals surface area (Å²) < 4.78 is 31.1. The second-order valence-electron chi connectivity index (χ2n) is 4.01. The van der Waals surface area contributed by atoms with Crippen molar-refractivity contribution in [3.05, 3.63) is 40.5 Å². The Balaban J connectivity index is 2.19. The van der Waals surface area contributed by atoms with E-state index in [-0.39, 0.29) is 27.9 Å². The first kappa shape index (κ1) is 15.4. The van der Waals surface area contributed by atoms with Crippen molar-refractivity contribution < 1.29 is 22.8 Å². The van der Waals surface area contributed by atoms with Crippen molar-refractivity contribution >= 4 is 27.6 Å². The molecule has 112 valence electrons. The van der Waals surface area contributed by atoms with Gasteiger partial charge in [0.1, 0.15) is 0 Å². The molecule has 0 radical (unpaired) electrons. The highest BCUT2D eigenvalue weighted by atomic mass is 35.5. The van der Waals surface area contributed by atoms with Gasteiger partial charge in [-0.05, 0) is 25.1 Å². The molecule has 1 aromatic heterocycles. The first-order valence-corrected chi connectivity index (χ1v) is 7.47. The van der Waals surface area contributed by atoms with E-state index in [9.17, 15) is 13.2 Å². The molecular formula is C11H10ClN3O5S. The van der Waals surface area contributed by atoms with Crippen molar-refractivity contribution in [1.29, 1.82) is 0 Å². The van der Waals surface area contributed by atoms with E-state index in [2.05, 4.69) is 14.9 Å². The lowest BCUT2D eigenvalue weighted by molar-refractivity contribution is 0.0697. The lowest BCUT2D eigenvalue weighted by Gasteiger charge is -2.06. The maximum absolute atomic E-state index is 12.0. The minimum Gasteiger partial charge on any atom is -0.478 e. The summed E-state index contributed by atoms with van der Waals surface area (Å²) in [4.78, 5) is 14.5. The van der Waals surface area contributed by atoms with Gasteiger partial charge in [0.2, 0.25) is 15.9 Å². The molecule has 0 saturated carbocycles. The van der Waals surface area contributed by atoms with Gasteiger partial charge in [-0.2, -0.15) is 4.98 Å². The fraction of sp³-hybridized carbons (Fsp3) is 0.182. The number of nitrogens with zero attached hydrogens (tertiary/aromatic N) is 2. The Kier molecular flexibility index (Phi) is 4.26. The quantitative estimate of drug-likeness (QED) is 0.844. The first-order valence-electron chi connectivity index (χ1n) is 5.61. The van der Waals surface area contributed by atoms with Gasteiger partial charge in [-0.15, -0.1) is 0 Å². The number of aromatic carboxylic acids is 1. The van der Waals surface area contributed by atoms with Crippen LogP contribution in [-0.2, 0) is 16.6 Å². The van der Waals surface area contributed by atoms with E-state index < -0.39 is 16.0 Å². The van der Waals surface area contributed by atoms with Crippen molar-refractivity contribution in [2.24, 2.45) is 0 Å².